The highest BCUT2D eigenvalue weighted by Gasteiger charge is 2.22. The number of halogens is 1. The molecule has 0 spiro atoms. The lowest BCUT2D eigenvalue weighted by Crippen LogP contribution is -2.31. The number of methoxy groups -OCH3 is 1. The van der Waals surface area contributed by atoms with Crippen LogP contribution >= 0.6 is 0 Å². The third-order valence-electron chi connectivity index (χ3n) is 3.21. The first-order valence-corrected chi connectivity index (χ1v) is 6.85. The molecule has 1 amide bonds. The molecule has 2 rings (SSSR count). The largest absolute Gasteiger partial charge is 0.481 e. The van der Waals surface area contributed by atoms with Crippen molar-refractivity contribution in [2.75, 3.05) is 13.7 Å². The standard InChI is InChI=1S/C16H16FNO5/c1-22-9-12-6-7-14(23-12)15(19)18-8-13(16(20)21)10-2-4-11(17)5-3-10/h2-7,13H,8-9H2,1H3,(H,18,19)(H,20,21). The second kappa shape index (κ2) is 7.55. The molecule has 6 nitrogen and oxygen atoms in total. The van der Waals surface area contributed by atoms with Crippen LogP contribution in [-0.2, 0) is 16.1 Å². The number of hydrogen-bond donors (Lipinski definition) is 2. The van der Waals surface area contributed by atoms with Crippen LogP contribution in [0.5, 0.6) is 0 Å². The van der Waals surface area contributed by atoms with Gasteiger partial charge >= 0.3 is 5.97 Å². The van der Waals surface area contributed by atoms with E-state index in [9.17, 15) is 19.1 Å². The molecule has 23 heavy (non-hydrogen) atoms. The fourth-order valence-corrected chi connectivity index (χ4v) is 2.04. The molecule has 0 saturated carbocycles. The van der Waals surface area contributed by atoms with Crippen LogP contribution < -0.4 is 5.32 Å². The Bertz CT molecular complexity index is 680. The Morgan fingerprint density at radius 3 is 2.57 bits per heavy atom. The molecule has 0 saturated heterocycles. The molecule has 0 fully saturated rings. The Morgan fingerprint density at radius 1 is 1.26 bits per heavy atom. The molecule has 2 N–H and O–H groups in total. The summed E-state index contributed by atoms with van der Waals surface area (Å²) in [6, 6.07) is 8.20. The summed E-state index contributed by atoms with van der Waals surface area (Å²) in [4.78, 5) is 23.3. The van der Waals surface area contributed by atoms with Gasteiger partial charge in [0.05, 0.1) is 5.92 Å². The van der Waals surface area contributed by atoms with Crippen molar-refractivity contribution in [3.05, 3.63) is 59.3 Å². The number of hydrogen-bond acceptors (Lipinski definition) is 4. The molecule has 1 aromatic carbocycles. The maximum atomic E-state index is 12.9. The number of furan rings is 1. The Hall–Kier alpha value is -2.67. The number of aliphatic carboxylic acids is 1. The van der Waals surface area contributed by atoms with Gasteiger partial charge in [-0.25, -0.2) is 4.39 Å². The highest BCUT2D eigenvalue weighted by atomic mass is 19.1. The molecule has 1 heterocycles. The third-order valence-corrected chi connectivity index (χ3v) is 3.21. The predicted octanol–water partition coefficient (Wildman–Crippen LogP) is 2.16. The van der Waals surface area contributed by atoms with E-state index in [1.807, 2.05) is 0 Å². The van der Waals surface area contributed by atoms with Crippen molar-refractivity contribution in [1.82, 2.24) is 5.32 Å². The maximum absolute atomic E-state index is 12.9. The van der Waals surface area contributed by atoms with Gasteiger partial charge < -0.3 is 19.6 Å². The van der Waals surface area contributed by atoms with Crippen LogP contribution in [0, 0.1) is 5.82 Å². The number of amides is 1. The van der Waals surface area contributed by atoms with E-state index >= 15 is 0 Å². The number of ether oxygens (including phenoxy) is 1. The Balaban J connectivity index is 2.01. The molecule has 122 valence electrons. The van der Waals surface area contributed by atoms with Gasteiger partial charge in [-0.1, -0.05) is 12.1 Å². The van der Waals surface area contributed by atoms with Crippen molar-refractivity contribution in [3.8, 4) is 0 Å². The molecule has 0 radical (unpaired) electrons. The topological polar surface area (TPSA) is 88.8 Å². The lowest BCUT2D eigenvalue weighted by molar-refractivity contribution is -0.138. The van der Waals surface area contributed by atoms with Crippen LogP contribution in [-0.4, -0.2) is 30.6 Å². The molecule has 0 bridgehead atoms. The Kier molecular flexibility index (Phi) is 5.48. The molecule has 0 aliphatic carbocycles. The second-order valence-electron chi connectivity index (χ2n) is 4.85. The minimum Gasteiger partial charge on any atom is -0.481 e. The molecule has 1 atom stereocenters. The minimum atomic E-state index is -1.11. The smallest absolute Gasteiger partial charge is 0.312 e. The fraction of sp³-hybridized carbons (Fsp3) is 0.250. The van der Waals surface area contributed by atoms with Gasteiger partial charge in [0.2, 0.25) is 0 Å². The number of carboxylic acid groups (broad SMARTS) is 1. The van der Waals surface area contributed by atoms with Gasteiger partial charge in [-0.2, -0.15) is 0 Å². The molecule has 0 aliphatic rings. The lowest BCUT2D eigenvalue weighted by atomic mass is 9.99. The molecule has 1 unspecified atom stereocenters. The molecule has 2 aromatic rings. The zero-order valence-corrected chi connectivity index (χ0v) is 12.4. The summed E-state index contributed by atoms with van der Waals surface area (Å²) in [5.41, 5.74) is 0.402. The fourth-order valence-electron chi connectivity index (χ4n) is 2.04. The van der Waals surface area contributed by atoms with E-state index in [1.54, 1.807) is 6.07 Å². The van der Waals surface area contributed by atoms with E-state index in [0.717, 1.165) is 0 Å². The van der Waals surface area contributed by atoms with Gasteiger partial charge in [0.1, 0.15) is 18.2 Å². The summed E-state index contributed by atoms with van der Waals surface area (Å²) in [5, 5.41) is 11.8. The normalized spacial score (nSPS) is 11.9. The molecular formula is C16H16FNO5. The summed E-state index contributed by atoms with van der Waals surface area (Å²) in [5.74, 6) is -2.51. The molecular weight excluding hydrogens is 305 g/mol. The first kappa shape index (κ1) is 16.7. The van der Waals surface area contributed by atoms with Crippen molar-refractivity contribution in [1.29, 1.82) is 0 Å². The average Bonchev–Trinajstić information content (AvgIpc) is 2.98. The summed E-state index contributed by atoms with van der Waals surface area (Å²) in [6.45, 7) is 0.0979. The van der Waals surface area contributed by atoms with Crippen LogP contribution in [0.2, 0.25) is 0 Å². The number of carbonyl (C=O) groups is 2. The summed E-state index contributed by atoms with van der Waals surface area (Å²) < 4.78 is 23.1. The average molecular weight is 321 g/mol. The zero-order valence-electron chi connectivity index (χ0n) is 12.4. The van der Waals surface area contributed by atoms with Crippen LogP contribution in [0.25, 0.3) is 0 Å². The van der Waals surface area contributed by atoms with Crippen molar-refractivity contribution in [3.63, 3.8) is 0 Å². The first-order chi connectivity index (χ1) is 11.0. The van der Waals surface area contributed by atoms with Gasteiger partial charge in [0, 0.05) is 13.7 Å². The van der Waals surface area contributed by atoms with E-state index in [1.165, 1.54) is 37.4 Å². The van der Waals surface area contributed by atoms with E-state index in [2.05, 4.69) is 5.32 Å². The number of nitrogens with one attached hydrogen (secondary N) is 1. The number of carbonyl (C=O) groups excluding carboxylic acids is 1. The molecule has 0 aliphatic heterocycles. The van der Waals surface area contributed by atoms with Crippen molar-refractivity contribution < 1.29 is 28.2 Å². The Labute approximate surface area is 131 Å². The Morgan fingerprint density at radius 2 is 1.96 bits per heavy atom. The monoisotopic (exact) mass is 321 g/mol. The first-order valence-electron chi connectivity index (χ1n) is 6.85. The highest BCUT2D eigenvalue weighted by Crippen LogP contribution is 2.16. The summed E-state index contributed by atoms with van der Waals surface area (Å²) in [6.07, 6.45) is 0. The summed E-state index contributed by atoms with van der Waals surface area (Å²) >= 11 is 0. The highest BCUT2D eigenvalue weighted by molar-refractivity contribution is 5.92. The van der Waals surface area contributed by atoms with Gasteiger partial charge in [-0.15, -0.1) is 0 Å². The van der Waals surface area contributed by atoms with Gasteiger partial charge in [0.15, 0.2) is 5.76 Å². The van der Waals surface area contributed by atoms with Crippen LogP contribution in [0.15, 0.2) is 40.8 Å². The van der Waals surface area contributed by atoms with Crippen LogP contribution in [0.4, 0.5) is 4.39 Å². The number of carboxylic acids is 1. The van der Waals surface area contributed by atoms with E-state index in [-0.39, 0.29) is 18.9 Å². The zero-order chi connectivity index (χ0) is 16.8. The van der Waals surface area contributed by atoms with Gasteiger partial charge in [-0.05, 0) is 29.8 Å². The van der Waals surface area contributed by atoms with Gasteiger partial charge in [0.25, 0.3) is 5.91 Å². The molecule has 7 heteroatoms. The van der Waals surface area contributed by atoms with E-state index < -0.39 is 23.6 Å². The van der Waals surface area contributed by atoms with E-state index in [4.69, 9.17) is 9.15 Å². The SMILES string of the molecule is COCc1ccc(C(=O)NCC(C(=O)O)c2ccc(F)cc2)o1. The van der Waals surface area contributed by atoms with Crippen molar-refractivity contribution >= 4 is 11.9 Å². The van der Waals surface area contributed by atoms with Crippen LogP contribution in [0.1, 0.15) is 27.8 Å². The molecule has 1 aromatic heterocycles. The summed E-state index contributed by atoms with van der Waals surface area (Å²) in [7, 11) is 1.50. The van der Waals surface area contributed by atoms with Gasteiger partial charge in [-0.3, -0.25) is 9.59 Å². The lowest BCUT2D eigenvalue weighted by Gasteiger charge is -2.13. The van der Waals surface area contributed by atoms with Crippen LogP contribution in [0.3, 0.4) is 0 Å². The number of rotatable bonds is 7. The number of benzene rings is 1. The van der Waals surface area contributed by atoms with Crippen molar-refractivity contribution in [2.24, 2.45) is 0 Å². The second-order valence-corrected chi connectivity index (χ2v) is 4.85. The third kappa shape index (κ3) is 4.40. The maximum Gasteiger partial charge on any atom is 0.312 e. The van der Waals surface area contributed by atoms with Crippen molar-refractivity contribution in [2.45, 2.75) is 12.5 Å². The van der Waals surface area contributed by atoms with E-state index in [0.29, 0.717) is 11.3 Å². The quantitative estimate of drug-likeness (QED) is 0.816. The minimum absolute atomic E-state index is 0.0697. The predicted molar refractivity (Wildman–Crippen MR) is 78.5 cm³/mol.